The Morgan fingerprint density at radius 2 is 1.63 bits per heavy atom. The molecule has 0 saturated carbocycles. The average molecular weight is 369 g/mol. The van der Waals surface area contributed by atoms with Crippen LogP contribution < -0.4 is 0 Å². The van der Waals surface area contributed by atoms with Gasteiger partial charge >= 0.3 is 5.97 Å². The zero-order valence-corrected chi connectivity index (χ0v) is 15.1. The molecule has 2 heterocycles. The second kappa shape index (κ2) is 6.44. The Balaban J connectivity index is 1.69. The molecule has 0 bridgehead atoms. The summed E-state index contributed by atoms with van der Waals surface area (Å²) in [6.07, 6.45) is 0. The summed E-state index contributed by atoms with van der Waals surface area (Å²) in [4.78, 5) is 39.2. The van der Waals surface area contributed by atoms with E-state index in [0.29, 0.717) is 24.3 Å². The molecular weight excluding hydrogens is 350 g/mol. The standard InChI is InChI=1S/C20H19NO6/c1-20(26-7-8-27-20)16(19(24)25-2)11-21-17(22)14-9-12-5-3-4-6-13(12)10-15(14)18(21)23/h3-6,9-10,16H,7-8,11H2,1-2H3. The van der Waals surface area contributed by atoms with Crippen molar-refractivity contribution in [2.24, 2.45) is 5.92 Å². The van der Waals surface area contributed by atoms with Gasteiger partial charge < -0.3 is 14.2 Å². The summed E-state index contributed by atoms with van der Waals surface area (Å²) in [5, 5.41) is 1.75. The summed E-state index contributed by atoms with van der Waals surface area (Å²) in [5.41, 5.74) is 0.668. The molecule has 140 valence electrons. The van der Waals surface area contributed by atoms with Crippen LogP contribution in [0.4, 0.5) is 0 Å². The molecule has 0 radical (unpaired) electrons. The molecule has 0 aromatic heterocycles. The largest absolute Gasteiger partial charge is 0.469 e. The van der Waals surface area contributed by atoms with Crippen molar-refractivity contribution in [3.63, 3.8) is 0 Å². The number of methoxy groups -OCH3 is 1. The van der Waals surface area contributed by atoms with Gasteiger partial charge in [-0.25, -0.2) is 0 Å². The van der Waals surface area contributed by atoms with Gasteiger partial charge in [-0.2, -0.15) is 0 Å². The number of ether oxygens (including phenoxy) is 3. The molecule has 2 amide bonds. The molecule has 1 fully saturated rings. The van der Waals surface area contributed by atoms with Gasteiger partial charge in [0.2, 0.25) is 0 Å². The number of imide groups is 1. The van der Waals surface area contributed by atoms with Crippen LogP contribution >= 0.6 is 0 Å². The van der Waals surface area contributed by atoms with Crippen molar-refractivity contribution >= 4 is 28.6 Å². The van der Waals surface area contributed by atoms with Crippen LogP contribution in [-0.2, 0) is 19.0 Å². The van der Waals surface area contributed by atoms with Gasteiger partial charge in [0.25, 0.3) is 11.8 Å². The fraction of sp³-hybridized carbons (Fsp3) is 0.350. The molecule has 4 rings (SSSR count). The van der Waals surface area contributed by atoms with Crippen molar-refractivity contribution in [1.82, 2.24) is 4.90 Å². The number of hydrogen-bond acceptors (Lipinski definition) is 6. The lowest BCUT2D eigenvalue weighted by molar-refractivity contribution is -0.199. The average Bonchev–Trinajstić information content (AvgIpc) is 3.21. The molecule has 2 aromatic carbocycles. The van der Waals surface area contributed by atoms with E-state index in [2.05, 4.69) is 0 Å². The molecule has 1 saturated heterocycles. The lowest BCUT2D eigenvalue weighted by Gasteiger charge is -2.32. The molecule has 2 aliphatic rings. The number of nitrogens with zero attached hydrogens (tertiary/aromatic N) is 1. The van der Waals surface area contributed by atoms with Crippen molar-refractivity contribution in [3.05, 3.63) is 47.5 Å². The predicted molar refractivity (Wildman–Crippen MR) is 95.1 cm³/mol. The number of rotatable bonds is 4. The van der Waals surface area contributed by atoms with Crippen LogP contribution in [0.2, 0.25) is 0 Å². The van der Waals surface area contributed by atoms with E-state index >= 15 is 0 Å². The third-order valence-corrected chi connectivity index (χ3v) is 5.18. The van der Waals surface area contributed by atoms with E-state index in [4.69, 9.17) is 14.2 Å². The summed E-state index contributed by atoms with van der Waals surface area (Å²) in [7, 11) is 1.25. The first-order chi connectivity index (χ1) is 12.9. The fourth-order valence-corrected chi connectivity index (χ4v) is 3.65. The van der Waals surface area contributed by atoms with Crippen LogP contribution in [0.25, 0.3) is 10.8 Å². The topological polar surface area (TPSA) is 82.1 Å². The summed E-state index contributed by atoms with van der Waals surface area (Å²) in [6, 6.07) is 10.9. The van der Waals surface area contributed by atoms with Gasteiger partial charge in [0.15, 0.2) is 5.79 Å². The summed E-state index contributed by atoms with van der Waals surface area (Å²) < 4.78 is 16.0. The van der Waals surface area contributed by atoms with Crippen molar-refractivity contribution < 1.29 is 28.6 Å². The quantitative estimate of drug-likeness (QED) is 0.606. The number of fused-ring (bicyclic) bond motifs is 2. The van der Waals surface area contributed by atoms with Gasteiger partial charge in [0.1, 0.15) is 5.92 Å². The molecule has 1 unspecified atom stereocenters. The highest BCUT2D eigenvalue weighted by Crippen LogP contribution is 2.33. The van der Waals surface area contributed by atoms with E-state index in [0.717, 1.165) is 15.7 Å². The highest BCUT2D eigenvalue weighted by molar-refractivity contribution is 6.23. The molecule has 0 N–H and O–H groups in total. The lowest BCUT2D eigenvalue weighted by atomic mass is 9.99. The molecule has 1 atom stereocenters. The van der Waals surface area contributed by atoms with Crippen molar-refractivity contribution in [2.45, 2.75) is 12.7 Å². The first-order valence-corrected chi connectivity index (χ1v) is 8.69. The Morgan fingerprint density at radius 3 is 2.11 bits per heavy atom. The zero-order chi connectivity index (χ0) is 19.2. The maximum atomic E-state index is 12.9. The van der Waals surface area contributed by atoms with E-state index in [-0.39, 0.29) is 6.54 Å². The van der Waals surface area contributed by atoms with Crippen LogP contribution in [0.5, 0.6) is 0 Å². The second-order valence-electron chi connectivity index (χ2n) is 6.75. The third-order valence-electron chi connectivity index (χ3n) is 5.18. The Labute approximate surface area is 155 Å². The molecule has 27 heavy (non-hydrogen) atoms. The highest BCUT2D eigenvalue weighted by Gasteiger charge is 2.49. The van der Waals surface area contributed by atoms with Gasteiger partial charge in [-0.05, 0) is 29.8 Å². The molecule has 2 aromatic rings. The minimum absolute atomic E-state index is 0.175. The van der Waals surface area contributed by atoms with Gasteiger partial charge in [0, 0.05) is 6.54 Å². The van der Waals surface area contributed by atoms with Crippen LogP contribution in [0.15, 0.2) is 36.4 Å². The van der Waals surface area contributed by atoms with Crippen molar-refractivity contribution in [3.8, 4) is 0 Å². The number of carbonyl (C=O) groups excluding carboxylic acids is 3. The maximum absolute atomic E-state index is 12.9. The highest BCUT2D eigenvalue weighted by atomic mass is 16.7. The van der Waals surface area contributed by atoms with Gasteiger partial charge in [-0.1, -0.05) is 24.3 Å². The van der Waals surface area contributed by atoms with Crippen LogP contribution in [0.1, 0.15) is 27.6 Å². The van der Waals surface area contributed by atoms with Gasteiger partial charge in [0.05, 0.1) is 31.5 Å². The van der Waals surface area contributed by atoms with Gasteiger partial charge in [-0.15, -0.1) is 0 Å². The van der Waals surface area contributed by atoms with Crippen LogP contribution in [0, 0.1) is 5.92 Å². The van der Waals surface area contributed by atoms with E-state index < -0.39 is 29.5 Å². The number of amides is 2. The first kappa shape index (κ1) is 17.6. The minimum atomic E-state index is -1.24. The van der Waals surface area contributed by atoms with E-state index in [1.807, 2.05) is 24.3 Å². The second-order valence-corrected chi connectivity index (χ2v) is 6.75. The number of hydrogen-bond donors (Lipinski definition) is 0. The number of benzene rings is 2. The Hall–Kier alpha value is -2.77. The molecule has 2 aliphatic heterocycles. The zero-order valence-electron chi connectivity index (χ0n) is 15.1. The van der Waals surface area contributed by atoms with E-state index in [9.17, 15) is 14.4 Å². The predicted octanol–water partition coefficient (Wildman–Crippen LogP) is 1.99. The van der Waals surface area contributed by atoms with Crippen LogP contribution in [-0.4, -0.2) is 55.3 Å². The SMILES string of the molecule is COC(=O)C(CN1C(=O)c2cc3ccccc3cc2C1=O)C1(C)OCCO1. The summed E-state index contributed by atoms with van der Waals surface area (Å²) >= 11 is 0. The molecule has 0 spiro atoms. The Morgan fingerprint density at radius 1 is 1.11 bits per heavy atom. The first-order valence-electron chi connectivity index (χ1n) is 8.69. The number of carbonyl (C=O) groups is 3. The molecular formula is C20H19NO6. The normalized spacial score (nSPS) is 19.4. The third kappa shape index (κ3) is 2.79. The summed E-state index contributed by atoms with van der Waals surface area (Å²) in [5.74, 6) is -3.65. The van der Waals surface area contributed by atoms with E-state index in [1.165, 1.54) is 7.11 Å². The van der Waals surface area contributed by atoms with E-state index in [1.54, 1.807) is 19.1 Å². The number of esters is 1. The lowest BCUT2D eigenvalue weighted by Crippen LogP contribution is -2.49. The monoisotopic (exact) mass is 369 g/mol. The summed E-state index contributed by atoms with van der Waals surface area (Å²) in [6.45, 7) is 2.11. The fourth-order valence-electron chi connectivity index (χ4n) is 3.65. The smallest absolute Gasteiger partial charge is 0.315 e. The van der Waals surface area contributed by atoms with Gasteiger partial charge in [-0.3, -0.25) is 19.3 Å². The molecule has 0 aliphatic carbocycles. The molecule has 7 heteroatoms. The molecule has 7 nitrogen and oxygen atoms in total. The minimum Gasteiger partial charge on any atom is -0.469 e. The van der Waals surface area contributed by atoms with Crippen LogP contribution in [0.3, 0.4) is 0 Å². The van der Waals surface area contributed by atoms with Crippen molar-refractivity contribution in [2.75, 3.05) is 26.9 Å². The van der Waals surface area contributed by atoms with Crippen molar-refractivity contribution in [1.29, 1.82) is 0 Å². The maximum Gasteiger partial charge on any atom is 0.315 e. The Kier molecular flexibility index (Phi) is 4.20. The Bertz CT molecular complexity index is 892.